The summed E-state index contributed by atoms with van der Waals surface area (Å²) < 4.78 is 80.9. The zero-order valence-corrected chi connectivity index (χ0v) is 25.6. The molecule has 0 spiro atoms. The van der Waals surface area contributed by atoms with E-state index >= 15 is 0 Å². The molecular weight excluding hydrogens is 610 g/mol. The lowest BCUT2D eigenvalue weighted by Gasteiger charge is -2.47. The van der Waals surface area contributed by atoms with Gasteiger partial charge in [-0.15, -0.1) is 0 Å². The second kappa shape index (κ2) is 13.4. The number of halogens is 6. The summed E-state index contributed by atoms with van der Waals surface area (Å²) in [6.07, 6.45) is -9.60. The zero-order valence-electron chi connectivity index (χ0n) is 25.6. The summed E-state index contributed by atoms with van der Waals surface area (Å²) in [4.78, 5) is 32.1. The van der Waals surface area contributed by atoms with E-state index in [0.29, 0.717) is 44.7 Å². The summed E-state index contributed by atoms with van der Waals surface area (Å²) in [5, 5.41) is 3.02. The van der Waals surface area contributed by atoms with E-state index < -0.39 is 35.0 Å². The number of nitrogens with one attached hydrogen (secondary N) is 1. The first-order valence-corrected chi connectivity index (χ1v) is 15.2. The molecule has 0 bridgehead atoms. The number of piperazine rings is 1. The van der Waals surface area contributed by atoms with E-state index in [0.717, 1.165) is 22.4 Å². The van der Waals surface area contributed by atoms with Crippen LogP contribution in [0.2, 0.25) is 0 Å². The molecule has 0 aromatic heterocycles. The lowest BCUT2D eigenvalue weighted by molar-refractivity contribution is -0.143. The van der Waals surface area contributed by atoms with Crippen LogP contribution in [0.3, 0.4) is 0 Å². The SMILES string of the molecule is Cc1cccc(C)c1NC(=O)CN1CCN([C@H]2CCN(C(=O)c3cc(C(F)(F)F)cc(C(F)(F)F)c3)C[C@H]2c2ccccc2)CC1. The molecule has 1 N–H and O–H groups in total. The highest BCUT2D eigenvalue weighted by molar-refractivity contribution is 5.95. The van der Waals surface area contributed by atoms with Crippen molar-refractivity contribution in [1.29, 1.82) is 0 Å². The number of piperidine rings is 1. The van der Waals surface area contributed by atoms with Crippen molar-refractivity contribution in [2.75, 3.05) is 51.1 Å². The van der Waals surface area contributed by atoms with E-state index in [1.165, 1.54) is 4.90 Å². The summed E-state index contributed by atoms with van der Waals surface area (Å²) in [5.74, 6) is -1.18. The Bertz CT molecular complexity index is 1500. The average molecular weight is 647 g/mol. The highest BCUT2D eigenvalue weighted by Gasteiger charge is 2.40. The third kappa shape index (κ3) is 7.72. The Hall–Kier alpha value is -3.90. The minimum atomic E-state index is -5.04. The topological polar surface area (TPSA) is 55.9 Å². The number of anilines is 1. The summed E-state index contributed by atoms with van der Waals surface area (Å²) in [7, 11) is 0. The van der Waals surface area contributed by atoms with Crippen molar-refractivity contribution in [3.63, 3.8) is 0 Å². The van der Waals surface area contributed by atoms with Gasteiger partial charge in [0.05, 0.1) is 17.7 Å². The van der Waals surface area contributed by atoms with Gasteiger partial charge in [-0.3, -0.25) is 19.4 Å². The number of carbonyl (C=O) groups excluding carboxylic acids is 2. The molecule has 2 saturated heterocycles. The molecule has 2 fully saturated rings. The van der Waals surface area contributed by atoms with Gasteiger partial charge in [0.2, 0.25) is 5.91 Å². The summed E-state index contributed by atoms with van der Waals surface area (Å²) in [6.45, 7) is 7.09. The predicted octanol–water partition coefficient (Wildman–Crippen LogP) is 6.60. The predicted molar refractivity (Wildman–Crippen MR) is 162 cm³/mol. The fourth-order valence-electron chi connectivity index (χ4n) is 6.50. The van der Waals surface area contributed by atoms with Gasteiger partial charge < -0.3 is 10.2 Å². The van der Waals surface area contributed by atoms with Crippen molar-refractivity contribution in [2.24, 2.45) is 0 Å². The highest BCUT2D eigenvalue weighted by atomic mass is 19.4. The molecule has 2 amide bonds. The molecule has 2 atom stereocenters. The Labute approximate surface area is 264 Å². The van der Waals surface area contributed by atoms with Crippen molar-refractivity contribution >= 4 is 17.5 Å². The second-order valence-electron chi connectivity index (χ2n) is 12.0. The third-order valence-electron chi connectivity index (χ3n) is 8.91. The lowest BCUT2D eigenvalue weighted by Crippen LogP contribution is -2.57. The maximum atomic E-state index is 13.5. The molecule has 12 heteroatoms. The van der Waals surface area contributed by atoms with Gasteiger partial charge in [-0.1, -0.05) is 48.5 Å². The number of aryl methyl sites for hydroxylation is 2. The third-order valence-corrected chi connectivity index (χ3v) is 8.91. The largest absolute Gasteiger partial charge is 0.416 e. The minimum absolute atomic E-state index is 0.00992. The zero-order chi connectivity index (χ0) is 33.2. The van der Waals surface area contributed by atoms with E-state index in [-0.39, 0.29) is 43.6 Å². The molecule has 6 nitrogen and oxygen atoms in total. The molecule has 0 unspecified atom stereocenters. The van der Waals surface area contributed by atoms with Gasteiger partial charge in [0, 0.05) is 62.5 Å². The van der Waals surface area contributed by atoms with Crippen LogP contribution in [0.1, 0.15) is 50.5 Å². The lowest BCUT2D eigenvalue weighted by atomic mass is 9.84. The Morgan fingerprint density at radius 1 is 0.783 bits per heavy atom. The molecule has 46 heavy (non-hydrogen) atoms. The van der Waals surface area contributed by atoms with Gasteiger partial charge in [0.15, 0.2) is 0 Å². The first-order valence-electron chi connectivity index (χ1n) is 15.2. The monoisotopic (exact) mass is 646 g/mol. The first kappa shape index (κ1) is 33.5. The maximum absolute atomic E-state index is 13.5. The van der Waals surface area contributed by atoms with Crippen LogP contribution in [0.15, 0.2) is 66.7 Å². The molecule has 2 aliphatic rings. The number of hydrogen-bond acceptors (Lipinski definition) is 4. The van der Waals surface area contributed by atoms with Gasteiger partial charge in [-0.05, 0) is 55.2 Å². The Morgan fingerprint density at radius 3 is 1.93 bits per heavy atom. The molecule has 5 rings (SSSR count). The van der Waals surface area contributed by atoms with Crippen molar-refractivity contribution < 1.29 is 35.9 Å². The molecule has 0 radical (unpaired) electrons. The van der Waals surface area contributed by atoms with Crippen LogP contribution in [-0.4, -0.2) is 78.4 Å². The summed E-state index contributed by atoms with van der Waals surface area (Å²) in [6, 6.07) is 16.3. The van der Waals surface area contributed by atoms with Crippen molar-refractivity contribution in [3.8, 4) is 0 Å². The average Bonchev–Trinajstić information content (AvgIpc) is 3.02. The molecule has 0 saturated carbocycles. The number of para-hydroxylation sites is 1. The van der Waals surface area contributed by atoms with Crippen LogP contribution in [0.5, 0.6) is 0 Å². The smallest absolute Gasteiger partial charge is 0.338 e. The van der Waals surface area contributed by atoms with Gasteiger partial charge in [-0.25, -0.2) is 0 Å². The van der Waals surface area contributed by atoms with E-state index in [1.807, 2.05) is 62.4 Å². The number of amides is 2. The highest BCUT2D eigenvalue weighted by Crippen LogP contribution is 2.38. The Morgan fingerprint density at radius 2 is 1.37 bits per heavy atom. The fraction of sp³-hybridized carbons (Fsp3) is 0.412. The van der Waals surface area contributed by atoms with Crippen LogP contribution in [-0.2, 0) is 17.1 Å². The normalized spacial score (nSPS) is 20.0. The number of carbonyl (C=O) groups is 2. The number of likely N-dealkylation sites (tertiary alicyclic amines) is 1. The van der Waals surface area contributed by atoms with E-state index in [9.17, 15) is 35.9 Å². The first-order chi connectivity index (χ1) is 21.7. The van der Waals surface area contributed by atoms with Crippen LogP contribution < -0.4 is 5.32 Å². The van der Waals surface area contributed by atoms with Crippen LogP contribution in [0.25, 0.3) is 0 Å². The van der Waals surface area contributed by atoms with Crippen LogP contribution >= 0.6 is 0 Å². The molecule has 2 aliphatic heterocycles. The van der Waals surface area contributed by atoms with Crippen molar-refractivity contribution in [1.82, 2.24) is 14.7 Å². The Kier molecular flexibility index (Phi) is 9.78. The maximum Gasteiger partial charge on any atom is 0.416 e. The number of alkyl halides is 6. The van der Waals surface area contributed by atoms with E-state index in [1.54, 1.807) is 0 Å². The number of benzene rings is 3. The molecular formula is C34H36F6N4O2. The minimum Gasteiger partial charge on any atom is -0.338 e. The van der Waals surface area contributed by atoms with Crippen LogP contribution in [0.4, 0.5) is 32.0 Å². The van der Waals surface area contributed by atoms with Crippen molar-refractivity contribution in [2.45, 2.75) is 44.6 Å². The molecule has 2 heterocycles. The second-order valence-corrected chi connectivity index (χ2v) is 12.0. The van der Waals surface area contributed by atoms with Gasteiger partial charge in [0.25, 0.3) is 5.91 Å². The number of hydrogen-bond donors (Lipinski definition) is 1. The summed E-state index contributed by atoms with van der Waals surface area (Å²) >= 11 is 0. The fourth-order valence-corrected chi connectivity index (χ4v) is 6.50. The summed E-state index contributed by atoms with van der Waals surface area (Å²) in [5.41, 5.74) is 0.0626. The number of rotatable bonds is 6. The standard InChI is InChI=1S/C34H36F6N4O2/c1-22-7-6-8-23(2)31(22)41-30(45)21-42-13-15-43(16-14-42)29-11-12-44(20-28(29)24-9-4-3-5-10-24)32(46)25-17-26(33(35,36)37)19-27(18-25)34(38,39)40/h3-10,17-19,28-29H,11-16,20-21H2,1-2H3,(H,41,45)/t28-,29-/m0/s1. The number of nitrogens with zero attached hydrogens (tertiary/aromatic N) is 3. The van der Waals surface area contributed by atoms with Gasteiger partial charge >= 0.3 is 12.4 Å². The van der Waals surface area contributed by atoms with Gasteiger partial charge in [0.1, 0.15) is 0 Å². The molecule has 3 aromatic rings. The van der Waals surface area contributed by atoms with E-state index in [4.69, 9.17) is 0 Å². The van der Waals surface area contributed by atoms with E-state index in [2.05, 4.69) is 15.1 Å². The molecule has 0 aliphatic carbocycles. The Balaban J connectivity index is 1.28. The van der Waals surface area contributed by atoms with Crippen molar-refractivity contribution in [3.05, 3.63) is 100 Å². The molecule has 246 valence electrons. The molecule has 3 aromatic carbocycles. The quantitative estimate of drug-likeness (QED) is 0.307. The van der Waals surface area contributed by atoms with Gasteiger partial charge in [-0.2, -0.15) is 26.3 Å². The van der Waals surface area contributed by atoms with Crippen LogP contribution in [0, 0.1) is 13.8 Å².